The first-order valence-corrected chi connectivity index (χ1v) is 6.38. The minimum Gasteiger partial charge on any atom is -0.489 e. The highest BCUT2D eigenvalue weighted by Gasteiger charge is 2.03. The molecule has 2 aromatic rings. The van der Waals surface area contributed by atoms with Gasteiger partial charge in [0.1, 0.15) is 18.1 Å². The first kappa shape index (κ1) is 13.4. The SMILES string of the molecule is NC(=O)Oc1cccc(OCc2ccccc2Br)c1. The number of hydrogen-bond acceptors (Lipinski definition) is 3. The molecule has 0 atom stereocenters. The number of carbonyl (C=O) groups excluding carboxylic acids is 1. The van der Waals surface area contributed by atoms with Gasteiger partial charge in [-0.05, 0) is 18.2 Å². The van der Waals surface area contributed by atoms with Gasteiger partial charge < -0.3 is 15.2 Å². The summed E-state index contributed by atoms with van der Waals surface area (Å²) in [6.45, 7) is 0.418. The molecule has 0 fully saturated rings. The summed E-state index contributed by atoms with van der Waals surface area (Å²) in [4.78, 5) is 10.7. The van der Waals surface area contributed by atoms with Crippen molar-refractivity contribution in [2.75, 3.05) is 0 Å². The molecular weight excluding hydrogens is 310 g/mol. The van der Waals surface area contributed by atoms with Crippen LogP contribution in [0.25, 0.3) is 0 Å². The molecule has 5 heteroatoms. The Hall–Kier alpha value is -2.01. The highest BCUT2D eigenvalue weighted by Crippen LogP contribution is 2.22. The van der Waals surface area contributed by atoms with Gasteiger partial charge in [-0.15, -0.1) is 0 Å². The van der Waals surface area contributed by atoms with Gasteiger partial charge in [0.15, 0.2) is 0 Å². The highest BCUT2D eigenvalue weighted by molar-refractivity contribution is 9.10. The molecule has 4 nitrogen and oxygen atoms in total. The van der Waals surface area contributed by atoms with Crippen molar-refractivity contribution >= 4 is 22.0 Å². The van der Waals surface area contributed by atoms with Crippen LogP contribution in [0.4, 0.5) is 4.79 Å². The largest absolute Gasteiger partial charge is 0.489 e. The van der Waals surface area contributed by atoms with Crippen LogP contribution in [0.15, 0.2) is 53.0 Å². The van der Waals surface area contributed by atoms with Gasteiger partial charge in [0.05, 0.1) is 0 Å². The minimum atomic E-state index is -0.844. The summed E-state index contributed by atoms with van der Waals surface area (Å²) >= 11 is 3.45. The normalized spacial score (nSPS) is 9.95. The van der Waals surface area contributed by atoms with E-state index in [-0.39, 0.29) is 0 Å². The number of primary amides is 1. The van der Waals surface area contributed by atoms with E-state index in [9.17, 15) is 4.79 Å². The van der Waals surface area contributed by atoms with Crippen LogP contribution in [0.1, 0.15) is 5.56 Å². The van der Waals surface area contributed by atoms with Crippen LogP contribution in [0.3, 0.4) is 0 Å². The second-order valence-corrected chi connectivity index (χ2v) is 4.63. The van der Waals surface area contributed by atoms with Crippen LogP contribution in [0.2, 0.25) is 0 Å². The van der Waals surface area contributed by atoms with Gasteiger partial charge in [-0.1, -0.05) is 40.2 Å². The van der Waals surface area contributed by atoms with Gasteiger partial charge in [0.25, 0.3) is 0 Å². The lowest BCUT2D eigenvalue weighted by Crippen LogP contribution is -2.16. The maximum Gasteiger partial charge on any atom is 0.409 e. The van der Waals surface area contributed by atoms with Crippen molar-refractivity contribution in [3.05, 3.63) is 58.6 Å². The van der Waals surface area contributed by atoms with E-state index >= 15 is 0 Å². The number of benzene rings is 2. The zero-order valence-electron chi connectivity index (χ0n) is 10.0. The van der Waals surface area contributed by atoms with Gasteiger partial charge in [-0.25, -0.2) is 4.79 Å². The van der Waals surface area contributed by atoms with E-state index in [1.807, 2.05) is 24.3 Å². The molecule has 0 aliphatic rings. The van der Waals surface area contributed by atoms with E-state index in [4.69, 9.17) is 15.2 Å². The van der Waals surface area contributed by atoms with E-state index < -0.39 is 6.09 Å². The Morgan fingerprint density at radius 1 is 1.11 bits per heavy atom. The number of hydrogen-bond donors (Lipinski definition) is 1. The average Bonchev–Trinajstić information content (AvgIpc) is 2.37. The van der Waals surface area contributed by atoms with E-state index in [1.165, 1.54) is 0 Å². The fourth-order valence-electron chi connectivity index (χ4n) is 1.52. The Morgan fingerprint density at radius 2 is 1.84 bits per heavy atom. The molecule has 98 valence electrons. The van der Waals surface area contributed by atoms with Crippen LogP contribution >= 0.6 is 15.9 Å². The lowest BCUT2D eigenvalue weighted by molar-refractivity contribution is 0.210. The monoisotopic (exact) mass is 321 g/mol. The smallest absolute Gasteiger partial charge is 0.409 e. The molecule has 0 aliphatic carbocycles. The molecule has 0 aromatic heterocycles. The predicted octanol–water partition coefficient (Wildman–Crippen LogP) is 3.49. The first-order chi connectivity index (χ1) is 9.15. The Labute approximate surface area is 119 Å². The number of ether oxygens (including phenoxy) is 2. The Bertz CT molecular complexity index is 586. The van der Waals surface area contributed by atoms with Crippen LogP contribution < -0.4 is 15.2 Å². The molecule has 0 heterocycles. The number of carbonyl (C=O) groups is 1. The standard InChI is InChI=1S/C14H12BrNO3/c15-13-7-2-1-4-10(13)9-18-11-5-3-6-12(8-11)19-14(16)17/h1-8H,9H2,(H2,16,17). The van der Waals surface area contributed by atoms with E-state index in [2.05, 4.69) is 15.9 Å². The summed E-state index contributed by atoms with van der Waals surface area (Å²) < 4.78 is 11.4. The van der Waals surface area contributed by atoms with Crippen molar-refractivity contribution in [1.82, 2.24) is 0 Å². The Morgan fingerprint density at radius 3 is 2.58 bits per heavy atom. The van der Waals surface area contributed by atoms with Gasteiger partial charge >= 0.3 is 6.09 Å². The van der Waals surface area contributed by atoms with Crippen molar-refractivity contribution in [3.63, 3.8) is 0 Å². The van der Waals surface area contributed by atoms with Gasteiger partial charge in [0.2, 0.25) is 0 Å². The van der Waals surface area contributed by atoms with Crippen molar-refractivity contribution in [3.8, 4) is 11.5 Å². The summed E-state index contributed by atoms with van der Waals surface area (Å²) in [5, 5.41) is 0. The number of nitrogens with two attached hydrogens (primary N) is 1. The number of halogens is 1. The van der Waals surface area contributed by atoms with Gasteiger partial charge in [-0.2, -0.15) is 0 Å². The lowest BCUT2D eigenvalue weighted by atomic mass is 10.2. The van der Waals surface area contributed by atoms with Crippen LogP contribution in [-0.2, 0) is 6.61 Å². The van der Waals surface area contributed by atoms with Crippen molar-refractivity contribution in [2.45, 2.75) is 6.61 Å². The Balaban J connectivity index is 2.03. The maximum absolute atomic E-state index is 10.7. The van der Waals surface area contributed by atoms with Crippen LogP contribution in [-0.4, -0.2) is 6.09 Å². The van der Waals surface area contributed by atoms with Gasteiger partial charge in [0, 0.05) is 16.1 Å². The molecule has 0 radical (unpaired) electrons. The molecule has 2 rings (SSSR count). The van der Waals surface area contributed by atoms with Gasteiger partial charge in [-0.3, -0.25) is 0 Å². The number of amides is 1. The topological polar surface area (TPSA) is 61.6 Å². The summed E-state index contributed by atoms with van der Waals surface area (Å²) in [5.41, 5.74) is 5.98. The fourth-order valence-corrected chi connectivity index (χ4v) is 1.92. The molecule has 0 aliphatic heterocycles. The summed E-state index contributed by atoms with van der Waals surface area (Å²) in [6.07, 6.45) is -0.844. The molecule has 2 N–H and O–H groups in total. The van der Waals surface area contributed by atoms with Crippen molar-refractivity contribution in [1.29, 1.82) is 0 Å². The third kappa shape index (κ3) is 3.99. The zero-order chi connectivity index (χ0) is 13.7. The molecule has 2 aromatic carbocycles. The third-order valence-corrected chi connectivity index (χ3v) is 3.15. The molecule has 19 heavy (non-hydrogen) atoms. The second-order valence-electron chi connectivity index (χ2n) is 3.78. The predicted molar refractivity (Wildman–Crippen MR) is 75.1 cm³/mol. The summed E-state index contributed by atoms with van der Waals surface area (Å²) in [7, 11) is 0. The number of rotatable bonds is 4. The van der Waals surface area contributed by atoms with E-state index in [0.717, 1.165) is 10.0 Å². The zero-order valence-corrected chi connectivity index (χ0v) is 11.6. The molecule has 0 saturated heterocycles. The van der Waals surface area contributed by atoms with Crippen LogP contribution in [0, 0.1) is 0 Å². The fraction of sp³-hybridized carbons (Fsp3) is 0.0714. The third-order valence-electron chi connectivity index (χ3n) is 2.38. The maximum atomic E-state index is 10.7. The van der Waals surface area contributed by atoms with Crippen molar-refractivity contribution < 1.29 is 14.3 Å². The van der Waals surface area contributed by atoms with E-state index in [0.29, 0.717) is 18.1 Å². The molecule has 1 amide bonds. The second kappa shape index (κ2) is 6.24. The van der Waals surface area contributed by atoms with Crippen LogP contribution in [0.5, 0.6) is 11.5 Å². The van der Waals surface area contributed by atoms with Crippen molar-refractivity contribution in [2.24, 2.45) is 5.73 Å². The van der Waals surface area contributed by atoms with E-state index in [1.54, 1.807) is 24.3 Å². The average molecular weight is 322 g/mol. The summed E-state index contributed by atoms with van der Waals surface area (Å²) in [5.74, 6) is 0.964. The molecule has 0 saturated carbocycles. The highest BCUT2D eigenvalue weighted by atomic mass is 79.9. The Kier molecular flexibility index (Phi) is 4.41. The molecule has 0 bridgehead atoms. The summed E-state index contributed by atoms with van der Waals surface area (Å²) in [6, 6.07) is 14.6. The molecular formula is C14H12BrNO3. The molecule has 0 spiro atoms. The first-order valence-electron chi connectivity index (χ1n) is 5.59. The quantitative estimate of drug-likeness (QED) is 0.937. The molecule has 0 unspecified atom stereocenters. The lowest BCUT2D eigenvalue weighted by Gasteiger charge is -2.09. The minimum absolute atomic E-state index is 0.358.